The lowest BCUT2D eigenvalue weighted by Crippen LogP contribution is -2.41. The van der Waals surface area contributed by atoms with Gasteiger partial charge in [-0.05, 0) is 38.8 Å². The maximum Gasteiger partial charge on any atom is 0.415 e. The minimum atomic E-state index is -0.536. The molecule has 100 valence electrons. The summed E-state index contributed by atoms with van der Waals surface area (Å²) in [5.41, 5.74) is 1.41. The first kappa shape index (κ1) is 13.4. The summed E-state index contributed by atoms with van der Waals surface area (Å²) < 4.78 is 5.43. The van der Waals surface area contributed by atoms with Crippen molar-refractivity contribution in [3.8, 4) is 6.07 Å². The Hall–Kier alpha value is -2.02. The van der Waals surface area contributed by atoms with Crippen LogP contribution in [0.15, 0.2) is 24.3 Å². The number of para-hydroxylation sites is 1. The van der Waals surface area contributed by atoms with E-state index < -0.39 is 5.60 Å². The van der Waals surface area contributed by atoms with E-state index in [1.807, 2.05) is 45.0 Å². The van der Waals surface area contributed by atoms with Gasteiger partial charge in [0, 0.05) is 0 Å². The third-order valence-corrected chi connectivity index (χ3v) is 2.99. The SMILES string of the molecule is CC(C)(C)OC(=O)N1c2ccccc2CC1CC#N. The number of benzene rings is 1. The van der Waals surface area contributed by atoms with Crippen LogP contribution >= 0.6 is 0 Å². The molecule has 2 rings (SSSR count). The van der Waals surface area contributed by atoms with E-state index in [0.29, 0.717) is 12.8 Å². The first-order valence-corrected chi connectivity index (χ1v) is 6.39. The number of amides is 1. The van der Waals surface area contributed by atoms with Crippen LogP contribution in [0.25, 0.3) is 0 Å². The number of anilines is 1. The molecule has 4 nitrogen and oxygen atoms in total. The summed E-state index contributed by atoms with van der Waals surface area (Å²) in [6.45, 7) is 5.52. The molecule has 1 aliphatic heterocycles. The van der Waals surface area contributed by atoms with Crippen molar-refractivity contribution >= 4 is 11.8 Å². The van der Waals surface area contributed by atoms with Gasteiger partial charge < -0.3 is 4.74 Å². The van der Waals surface area contributed by atoms with Crippen LogP contribution < -0.4 is 4.90 Å². The van der Waals surface area contributed by atoms with Gasteiger partial charge in [-0.1, -0.05) is 18.2 Å². The first-order valence-electron chi connectivity index (χ1n) is 6.39. The zero-order chi connectivity index (χ0) is 14.0. The van der Waals surface area contributed by atoms with Crippen molar-refractivity contribution in [2.45, 2.75) is 45.3 Å². The fourth-order valence-corrected chi connectivity index (χ4v) is 2.29. The molecule has 0 N–H and O–H groups in total. The predicted molar refractivity (Wildman–Crippen MR) is 72.9 cm³/mol. The Balaban J connectivity index is 2.29. The van der Waals surface area contributed by atoms with Crippen LogP contribution in [-0.4, -0.2) is 17.7 Å². The van der Waals surface area contributed by atoms with E-state index >= 15 is 0 Å². The van der Waals surface area contributed by atoms with Crippen molar-refractivity contribution < 1.29 is 9.53 Å². The Morgan fingerprint density at radius 1 is 1.47 bits per heavy atom. The molecule has 0 bridgehead atoms. The lowest BCUT2D eigenvalue weighted by molar-refractivity contribution is 0.0570. The Bertz CT molecular complexity index is 526. The van der Waals surface area contributed by atoms with Crippen LogP contribution in [0.3, 0.4) is 0 Å². The van der Waals surface area contributed by atoms with Crippen molar-refractivity contribution in [3.63, 3.8) is 0 Å². The van der Waals surface area contributed by atoms with E-state index in [-0.39, 0.29) is 12.1 Å². The number of nitriles is 1. The maximum absolute atomic E-state index is 12.3. The lowest BCUT2D eigenvalue weighted by Gasteiger charge is -2.28. The normalized spacial score (nSPS) is 17.8. The fraction of sp³-hybridized carbons (Fsp3) is 0.467. The molecule has 1 unspecified atom stereocenters. The lowest BCUT2D eigenvalue weighted by atomic mass is 10.1. The van der Waals surface area contributed by atoms with Crippen LogP contribution in [-0.2, 0) is 11.2 Å². The van der Waals surface area contributed by atoms with E-state index in [1.165, 1.54) is 0 Å². The highest BCUT2D eigenvalue weighted by Crippen LogP contribution is 2.34. The molecule has 1 aliphatic rings. The Morgan fingerprint density at radius 3 is 2.79 bits per heavy atom. The summed E-state index contributed by atoms with van der Waals surface area (Å²) in [5.74, 6) is 0. The molecule has 1 heterocycles. The summed E-state index contributed by atoms with van der Waals surface area (Å²) in [7, 11) is 0. The molecule has 0 aromatic heterocycles. The van der Waals surface area contributed by atoms with E-state index in [2.05, 4.69) is 6.07 Å². The third-order valence-electron chi connectivity index (χ3n) is 2.99. The number of hydrogen-bond donors (Lipinski definition) is 0. The predicted octanol–water partition coefficient (Wildman–Crippen LogP) is 3.27. The van der Waals surface area contributed by atoms with Gasteiger partial charge in [-0.2, -0.15) is 5.26 Å². The van der Waals surface area contributed by atoms with Gasteiger partial charge in [0.1, 0.15) is 5.60 Å². The van der Waals surface area contributed by atoms with Gasteiger partial charge in [-0.3, -0.25) is 4.90 Å². The number of carbonyl (C=O) groups is 1. The second-order valence-electron chi connectivity index (χ2n) is 5.70. The van der Waals surface area contributed by atoms with Crippen molar-refractivity contribution in [2.24, 2.45) is 0 Å². The molecule has 0 aliphatic carbocycles. The minimum absolute atomic E-state index is 0.128. The van der Waals surface area contributed by atoms with Crippen molar-refractivity contribution in [2.75, 3.05) is 4.90 Å². The fourth-order valence-electron chi connectivity index (χ4n) is 2.29. The smallest absolute Gasteiger partial charge is 0.415 e. The van der Waals surface area contributed by atoms with Crippen LogP contribution in [0.1, 0.15) is 32.8 Å². The number of ether oxygens (including phenoxy) is 1. The number of hydrogen-bond acceptors (Lipinski definition) is 3. The van der Waals surface area contributed by atoms with Crippen LogP contribution in [0.2, 0.25) is 0 Å². The maximum atomic E-state index is 12.3. The van der Waals surface area contributed by atoms with E-state index in [1.54, 1.807) is 4.90 Å². The Kier molecular flexibility index (Phi) is 3.48. The molecule has 1 aromatic carbocycles. The molecule has 0 fully saturated rings. The van der Waals surface area contributed by atoms with Crippen LogP contribution in [0.4, 0.5) is 10.5 Å². The number of rotatable bonds is 1. The van der Waals surface area contributed by atoms with Gasteiger partial charge in [-0.25, -0.2) is 4.79 Å². The molecule has 0 saturated carbocycles. The quantitative estimate of drug-likeness (QED) is 0.776. The second-order valence-corrected chi connectivity index (χ2v) is 5.70. The summed E-state index contributed by atoms with van der Waals surface area (Å²) in [5, 5.41) is 8.91. The highest BCUT2D eigenvalue weighted by Gasteiger charge is 2.35. The number of carbonyl (C=O) groups excluding carboxylic acids is 1. The molecule has 1 aromatic rings. The average molecular weight is 258 g/mol. The first-order chi connectivity index (χ1) is 8.92. The highest BCUT2D eigenvalue weighted by molar-refractivity contribution is 5.91. The summed E-state index contributed by atoms with van der Waals surface area (Å²) in [4.78, 5) is 13.9. The van der Waals surface area contributed by atoms with Crippen LogP contribution in [0.5, 0.6) is 0 Å². The Morgan fingerprint density at radius 2 is 2.16 bits per heavy atom. The third kappa shape index (κ3) is 2.87. The molecular formula is C15H18N2O2. The second kappa shape index (κ2) is 4.93. The zero-order valence-corrected chi connectivity index (χ0v) is 11.5. The molecule has 1 atom stereocenters. The summed E-state index contributed by atoms with van der Waals surface area (Å²) in [6, 6.07) is 9.74. The molecule has 0 radical (unpaired) electrons. The number of nitrogens with zero attached hydrogens (tertiary/aromatic N) is 2. The van der Waals surface area contributed by atoms with Crippen molar-refractivity contribution in [1.82, 2.24) is 0 Å². The summed E-state index contributed by atoms with van der Waals surface area (Å²) >= 11 is 0. The van der Waals surface area contributed by atoms with Crippen molar-refractivity contribution in [1.29, 1.82) is 5.26 Å². The summed E-state index contributed by atoms with van der Waals surface area (Å²) in [6.07, 6.45) is 0.648. The zero-order valence-electron chi connectivity index (χ0n) is 11.5. The monoisotopic (exact) mass is 258 g/mol. The topological polar surface area (TPSA) is 53.3 Å². The van der Waals surface area contributed by atoms with Crippen molar-refractivity contribution in [3.05, 3.63) is 29.8 Å². The standard InChI is InChI=1S/C15H18N2O2/c1-15(2,3)19-14(18)17-12(8-9-16)10-11-6-4-5-7-13(11)17/h4-7,12H,8,10H2,1-3H3. The van der Waals surface area contributed by atoms with Gasteiger partial charge in [0.2, 0.25) is 0 Å². The molecule has 4 heteroatoms. The Labute approximate surface area is 113 Å². The van der Waals surface area contributed by atoms with E-state index in [0.717, 1.165) is 11.3 Å². The molecule has 0 spiro atoms. The molecular weight excluding hydrogens is 240 g/mol. The van der Waals surface area contributed by atoms with Gasteiger partial charge >= 0.3 is 6.09 Å². The van der Waals surface area contributed by atoms with Crippen LogP contribution in [0, 0.1) is 11.3 Å². The highest BCUT2D eigenvalue weighted by atomic mass is 16.6. The van der Waals surface area contributed by atoms with E-state index in [4.69, 9.17) is 10.00 Å². The largest absolute Gasteiger partial charge is 0.443 e. The van der Waals surface area contributed by atoms with Gasteiger partial charge in [-0.15, -0.1) is 0 Å². The average Bonchev–Trinajstić information content (AvgIpc) is 2.65. The number of fused-ring (bicyclic) bond motifs is 1. The van der Waals surface area contributed by atoms with Gasteiger partial charge in [0.05, 0.1) is 24.2 Å². The molecule has 19 heavy (non-hydrogen) atoms. The van der Waals surface area contributed by atoms with Gasteiger partial charge in [0.15, 0.2) is 0 Å². The van der Waals surface area contributed by atoms with Gasteiger partial charge in [0.25, 0.3) is 0 Å². The molecule has 0 saturated heterocycles. The minimum Gasteiger partial charge on any atom is -0.443 e. The van der Waals surface area contributed by atoms with E-state index in [9.17, 15) is 4.79 Å². The molecule has 1 amide bonds.